The average molecular weight is 197 g/mol. The van der Waals surface area contributed by atoms with E-state index in [0.717, 1.165) is 13.0 Å². The molecule has 0 saturated carbocycles. The van der Waals surface area contributed by atoms with Crippen LogP contribution in [-0.4, -0.2) is 6.54 Å². The first-order valence-electron chi connectivity index (χ1n) is 5.67. The summed E-state index contributed by atoms with van der Waals surface area (Å²) in [7, 11) is 0. The van der Waals surface area contributed by atoms with E-state index in [-0.39, 0.29) is 0 Å². The number of allylic oxidation sites excluding steroid dienone is 2. The van der Waals surface area contributed by atoms with Crippen molar-refractivity contribution >= 4 is 5.70 Å². The van der Waals surface area contributed by atoms with Crippen molar-refractivity contribution in [3.63, 3.8) is 0 Å². The zero-order valence-electron chi connectivity index (χ0n) is 8.79. The van der Waals surface area contributed by atoms with Gasteiger partial charge in [-0.25, -0.2) is 0 Å². The second-order valence-corrected chi connectivity index (χ2v) is 4.18. The molecule has 0 saturated heterocycles. The van der Waals surface area contributed by atoms with E-state index in [9.17, 15) is 0 Å². The maximum absolute atomic E-state index is 3.56. The van der Waals surface area contributed by atoms with E-state index in [1.807, 2.05) is 0 Å². The third-order valence-corrected chi connectivity index (χ3v) is 3.20. The summed E-state index contributed by atoms with van der Waals surface area (Å²) in [6.45, 7) is 1.06. The van der Waals surface area contributed by atoms with Crippen LogP contribution in [0.5, 0.6) is 0 Å². The quantitative estimate of drug-likeness (QED) is 0.674. The molecule has 1 nitrogen and oxygen atoms in total. The SMILES string of the molecule is C1=CC2=C(NCC1)c1ccccc1CC2. The molecule has 0 bridgehead atoms. The van der Waals surface area contributed by atoms with E-state index in [1.54, 1.807) is 0 Å². The van der Waals surface area contributed by atoms with Crippen molar-refractivity contribution in [3.05, 3.63) is 53.1 Å². The minimum Gasteiger partial charge on any atom is -0.384 e. The summed E-state index contributed by atoms with van der Waals surface area (Å²) in [5.41, 5.74) is 5.74. The van der Waals surface area contributed by atoms with Crippen molar-refractivity contribution in [3.8, 4) is 0 Å². The van der Waals surface area contributed by atoms with Gasteiger partial charge in [-0.2, -0.15) is 0 Å². The molecule has 0 spiro atoms. The largest absolute Gasteiger partial charge is 0.384 e. The van der Waals surface area contributed by atoms with Gasteiger partial charge in [0.25, 0.3) is 0 Å². The normalized spacial score (nSPS) is 18.9. The van der Waals surface area contributed by atoms with Gasteiger partial charge in [-0.15, -0.1) is 0 Å². The molecule has 0 unspecified atom stereocenters. The molecule has 0 aromatic heterocycles. The summed E-state index contributed by atoms with van der Waals surface area (Å²) in [6, 6.07) is 8.74. The maximum Gasteiger partial charge on any atom is 0.0449 e. The molecule has 76 valence electrons. The van der Waals surface area contributed by atoms with Gasteiger partial charge < -0.3 is 5.32 Å². The highest BCUT2D eigenvalue weighted by atomic mass is 14.9. The minimum absolute atomic E-state index is 1.06. The van der Waals surface area contributed by atoms with Crippen molar-refractivity contribution in [2.45, 2.75) is 19.3 Å². The molecule has 1 aliphatic carbocycles. The van der Waals surface area contributed by atoms with Crippen LogP contribution in [0.15, 0.2) is 42.0 Å². The Morgan fingerprint density at radius 1 is 1.07 bits per heavy atom. The highest BCUT2D eigenvalue weighted by Gasteiger charge is 2.17. The lowest BCUT2D eigenvalue weighted by Gasteiger charge is -2.21. The molecule has 1 aromatic rings. The average Bonchev–Trinajstić information content (AvgIpc) is 2.54. The van der Waals surface area contributed by atoms with Crippen LogP contribution in [-0.2, 0) is 6.42 Å². The Morgan fingerprint density at radius 3 is 3.00 bits per heavy atom. The third-order valence-electron chi connectivity index (χ3n) is 3.20. The van der Waals surface area contributed by atoms with Crippen LogP contribution >= 0.6 is 0 Å². The smallest absolute Gasteiger partial charge is 0.0449 e. The monoisotopic (exact) mass is 197 g/mol. The lowest BCUT2D eigenvalue weighted by Crippen LogP contribution is -2.17. The molecule has 0 atom stereocenters. The van der Waals surface area contributed by atoms with Gasteiger partial charge in [0.05, 0.1) is 0 Å². The molecule has 1 aromatic carbocycles. The first kappa shape index (κ1) is 8.78. The van der Waals surface area contributed by atoms with Gasteiger partial charge >= 0.3 is 0 Å². The zero-order chi connectivity index (χ0) is 10.1. The number of benzene rings is 1. The van der Waals surface area contributed by atoms with Gasteiger partial charge in [-0.1, -0.05) is 36.4 Å². The van der Waals surface area contributed by atoms with Gasteiger partial charge in [0.1, 0.15) is 0 Å². The highest BCUT2D eigenvalue weighted by Crippen LogP contribution is 2.31. The topological polar surface area (TPSA) is 12.0 Å². The molecule has 15 heavy (non-hydrogen) atoms. The third kappa shape index (κ3) is 1.48. The summed E-state index contributed by atoms with van der Waals surface area (Å²) in [5.74, 6) is 0. The molecular formula is C14H15N. The van der Waals surface area contributed by atoms with Crippen LogP contribution in [0.2, 0.25) is 0 Å². The fraction of sp³-hybridized carbons (Fsp3) is 0.286. The summed E-state index contributed by atoms with van der Waals surface area (Å²) in [6.07, 6.45) is 8.07. The van der Waals surface area contributed by atoms with E-state index in [2.05, 4.69) is 41.7 Å². The molecule has 1 N–H and O–H groups in total. The van der Waals surface area contributed by atoms with E-state index in [4.69, 9.17) is 0 Å². The van der Waals surface area contributed by atoms with E-state index < -0.39 is 0 Å². The number of aryl methyl sites for hydroxylation is 1. The Labute approximate surface area is 90.5 Å². The lowest BCUT2D eigenvalue weighted by molar-refractivity contribution is 0.850. The first-order valence-corrected chi connectivity index (χ1v) is 5.67. The van der Waals surface area contributed by atoms with Crippen LogP contribution in [0, 0.1) is 0 Å². The van der Waals surface area contributed by atoms with Gasteiger partial charge in [0.2, 0.25) is 0 Å². The molecule has 0 radical (unpaired) electrons. The second-order valence-electron chi connectivity index (χ2n) is 4.18. The Balaban J connectivity index is 2.13. The van der Waals surface area contributed by atoms with Crippen molar-refractivity contribution in [1.82, 2.24) is 5.32 Å². The fourth-order valence-electron chi connectivity index (χ4n) is 2.43. The molecule has 3 rings (SSSR count). The van der Waals surface area contributed by atoms with Crippen molar-refractivity contribution in [2.75, 3.05) is 6.54 Å². The molecule has 1 aliphatic heterocycles. The summed E-state index contributed by atoms with van der Waals surface area (Å²) in [5, 5.41) is 3.56. The highest BCUT2D eigenvalue weighted by molar-refractivity contribution is 5.74. The Morgan fingerprint density at radius 2 is 2.00 bits per heavy atom. The van der Waals surface area contributed by atoms with Crippen LogP contribution in [0.25, 0.3) is 5.70 Å². The van der Waals surface area contributed by atoms with E-state index in [1.165, 1.54) is 35.2 Å². The standard InChI is InChI=1S/C14H15N/c1-2-7-13-11(5-1)8-9-12-6-3-4-10-15-14(12)13/h1-3,5-7,15H,4,8-10H2. The molecule has 1 heterocycles. The summed E-state index contributed by atoms with van der Waals surface area (Å²) >= 11 is 0. The Hall–Kier alpha value is -1.50. The summed E-state index contributed by atoms with van der Waals surface area (Å²) in [4.78, 5) is 0. The van der Waals surface area contributed by atoms with Crippen molar-refractivity contribution in [2.24, 2.45) is 0 Å². The van der Waals surface area contributed by atoms with Crippen LogP contribution in [0.3, 0.4) is 0 Å². The van der Waals surface area contributed by atoms with Crippen LogP contribution in [0.1, 0.15) is 24.0 Å². The Kier molecular flexibility index (Phi) is 2.09. The van der Waals surface area contributed by atoms with Crippen molar-refractivity contribution in [1.29, 1.82) is 0 Å². The number of hydrogen-bond donors (Lipinski definition) is 1. The number of hydrogen-bond acceptors (Lipinski definition) is 1. The molecule has 0 fully saturated rings. The Bertz CT molecular complexity index is 440. The maximum atomic E-state index is 3.56. The lowest BCUT2D eigenvalue weighted by atomic mass is 9.89. The van der Waals surface area contributed by atoms with Gasteiger partial charge in [0, 0.05) is 17.8 Å². The molecule has 2 aliphatic rings. The van der Waals surface area contributed by atoms with Crippen LogP contribution in [0.4, 0.5) is 0 Å². The number of rotatable bonds is 0. The fourth-order valence-corrected chi connectivity index (χ4v) is 2.43. The predicted molar refractivity (Wildman–Crippen MR) is 63.4 cm³/mol. The van der Waals surface area contributed by atoms with Gasteiger partial charge in [-0.3, -0.25) is 0 Å². The van der Waals surface area contributed by atoms with Gasteiger partial charge in [0.15, 0.2) is 0 Å². The molecule has 0 amide bonds. The van der Waals surface area contributed by atoms with E-state index in [0.29, 0.717) is 0 Å². The second kappa shape index (κ2) is 3.58. The van der Waals surface area contributed by atoms with E-state index >= 15 is 0 Å². The predicted octanol–water partition coefficient (Wildman–Crippen LogP) is 2.89. The molecule has 1 heteroatoms. The van der Waals surface area contributed by atoms with Crippen molar-refractivity contribution < 1.29 is 0 Å². The number of nitrogens with one attached hydrogen (secondary N) is 1. The first-order chi connectivity index (χ1) is 7.45. The number of fused-ring (bicyclic) bond motifs is 2. The van der Waals surface area contributed by atoms with Crippen LogP contribution < -0.4 is 5.32 Å². The zero-order valence-corrected chi connectivity index (χ0v) is 8.79. The molecular weight excluding hydrogens is 182 g/mol. The minimum atomic E-state index is 1.06. The summed E-state index contributed by atoms with van der Waals surface area (Å²) < 4.78 is 0. The van der Waals surface area contributed by atoms with Gasteiger partial charge in [-0.05, 0) is 30.4 Å².